The summed E-state index contributed by atoms with van der Waals surface area (Å²) in [4.78, 5) is 19.1. The molecular weight excluding hydrogens is 354 g/mol. The van der Waals surface area contributed by atoms with Gasteiger partial charge in [-0.15, -0.1) is 0 Å². The molecule has 0 bridgehead atoms. The molecule has 1 unspecified atom stereocenters. The quantitative estimate of drug-likeness (QED) is 0.811. The van der Waals surface area contributed by atoms with Crippen molar-refractivity contribution in [3.8, 4) is 0 Å². The molecular formula is C22H29N3O3. The fraction of sp³-hybridized carbons (Fsp3) is 0.591. The minimum Gasteiger partial charge on any atom is -0.375 e. The number of hydrogen-bond donors (Lipinski definition) is 0. The Morgan fingerprint density at radius 3 is 2.75 bits per heavy atom. The maximum atomic E-state index is 12.8. The number of carbonyl (C=O) groups is 1. The number of aromatic nitrogens is 2. The van der Waals surface area contributed by atoms with E-state index in [0.29, 0.717) is 18.2 Å². The normalized spacial score (nSPS) is 21.8. The molecule has 6 nitrogen and oxygen atoms in total. The Morgan fingerprint density at radius 1 is 1.25 bits per heavy atom. The van der Waals surface area contributed by atoms with Crippen LogP contribution in [0, 0.1) is 19.8 Å². The van der Waals surface area contributed by atoms with Crippen LogP contribution in [-0.2, 0) is 22.4 Å². The number of benzene rings is 1. The molecule has 0 aliphatic carbocycles. The first-order chi connectivity index (χ1) is 13.5. The number of likely N-dealkylation sites (tertiary alicyclic amines) is 1. The van der Waals surface area contributed by atoms with Crippen LogP contribution >= 0.6 is 0 Å². The summed E-state index contributed by atoms with van der Waals surface area (Å²) in [5, 5.41) is 4.05. The Hall–Kier alpha value is -2.21. The van der Waals surface area contributed by atoms with Crippen LogP contribution < -0.4 is 0 Å². The largest absolute Gasteiger partial charge is 0.375 e. The number of nitrogens with zero attached hydrogens (tertiary/aromatic N) is 3. The first kappa shape index (κ1) is 19.1. The van der Waals surface area contributed by atoms with Crippen molar-refractivity contribution in [2.24, 2.45) is 5.92 Å². The topological polar surface area (TPSA) is 68.5 Å². The summed E-state index contributed by atoms with van der Waals surface area (Å²) in [6.45, 7) is 6.22. The van der Waals surface area contributed by atoms with Crippen molar-refractivity contribution < 1.29 is 14.1 Å². The van der Waals surface area contributed by atoms with Crippen LogP contribution in [-0.4, -0.2) is 46.2 Å². The van der Waals surface area contributed by atoms with Crippen LogP contribution in [0.15, 0.2) is 28.8 Å². The van der Waals surface area contributed by atoms with Crippen molar-refractivity contribution in [1.29, 1.82) is 0 Å². The van der Waals surface area contributed by atoms with Crippen LogP contribution in [0.25, 0.3) is 0 Å². The van der Waals surface area contributed by atoms with Crippen LogP contribution in [0.2, 0.25) is 0 Å². The van der Waals surface area contributed by atoms with Crippen LogP contribution in [0.4, 0.5) is 0 Å². The van der Waals surface area contributed by atoms with Crippen molar-refractivity contribution in [1.82, 2.24) is 15.0 Å². The van der Waals surface area contributed by atoms with Crippen molar-refractivity contribution in [3.63, 3.8) is 0 Å². The number of ether oxygens (including phenoxy) is 1. The molecule has 1 spiro atoms. The fourth-order valence-corrected chi connectivity index (χ4v) is 4.58. The number of aryl methyl sites for hydroxylation is 2. The average Bonchev–Trinajstić information content (AvgIpc) is 3.09. The summed E-state index contributed by atoms with van der Waals surface area (Å²) in [7, 11) is 0. The monoisotopic (exact) mass is 383 g/mol. The van der Waals surface area contributed by atoms with E-state index in [1.165, 1.54) is 5.56 Å². The number of rotatable bonds is 4. The zero-order chi connectivity index (χ0) is 19.6. The van der Waals surface area contributed by atoms with Gasteiger partial charge in [-0.25, -0.2) is 0 Å². The van der Waals surface area contributed by atoms with Gasteiger partial charge >= 0.3 is 0 Å². The molecule has 2 aliphatic rings. The number of hydrogen-bond acceptors (Lipinski definition) is 5. The molecule has 2 aromatic rings. The number of piperidine rings is 1. The van der Waals surface area contributed by atoms with E-state index in [1.807, 2.05) is 30.0 Å². The second-order valence-corrected chi connectivity index (χ2v) is 8.31. The lowest BCUT2D eigenvalue weighted by atomic mass is 9.78. The number of carbonyl (C=O) groups excluding carboxylic acids is 1. The Labute approximate surface area is 166 Å². The molecule has 4 rings (SSSR count). The molecule has 1 atom stereocenters. The molecule has 2 fully saturated rings. The molecule has 2 aliphatic heterocycles. The summed E-state index contributed by atoms with van der Waals surface area (Å²) in [5.41, 5.74) is 2.21. The van der Waals surface area contributed by atoms with Crippen molar-refractivity contribution in [3.05, 3.63) is 47.1 Å². The van der Waals surface area contributed by atoms with E-state index in [9.17, 15) is 4.79 Å². The molecule has 1 amide bonds. The first-order valence-corrected chi connectivity index (χ1v) is 10.3. The van der Waals surface area contributed by atoms with Gasteiger partial charge in [-0.1, -0.05) is 29.4 Å². The lowest BCUT2D eigenvalue weighted by Gasteiger charge is -2.46. The summed E-state index contributed by atoms with van der Waals surface area (Å²) < 4.78 is 11.3. The molecule has 0 N–H and O–H groups in total. The Bertz CT molecular complexity index is 824. The van der Waals surface area contributed by atoms with Crippen molar-refractivity contribution in [2.45, 2.75) is 58.0 Å². The lowest BCUT2D eigenvalue weighted by Crippen LogP contribution is -2.51. The third-order valence-electron chi connectivity index (χ3n) is 6.27. The smallest absolute Gasteiger partial charge is 0.227 e. The van der Waals surface area contributed by atoms with Gasteiger partial charge in [0.1, 0.15) is 0 Å². The second kappa shape index (κ2) is 8.03. The van der Waals surface area contributed by atoms with E-state index >= 15 is 0 Å². The SMILES string of the molecule is Cc1nc(CC2CCOC3(CCN(C(=O)Cc4ccccc4C)CC3)C2)no1. The minimum atomic E-state index is -0.0961. The van der Waals surface area contributed by atoms with Crippen molar-refractivity contribution >= 4 is 5.91 Å². The molecule has 28 heavy (non-hydrogen) atoms. The minimum absolute atomic E-state index is 0.0961. The third kappa shape index (κ3) is 4.27. The van der Waals surface area contributed by atoms with Crippen LogP contribution in [0.1, 0.15) is 48.5 Å². The molecule has 3 heterocycles. The molecule has 2 saturated heterocycles. The van der Waals surface area contributed by atoms with E-state index in [0.717, 1.165) is 63.2 Å². The van der Waals surface area contributed by atoms with Gasteiger partial charge in [0.05, 0.1) is 12.0 Å². The van der Waals surface area contributed by atoms with E-state index in [-0.39, 0.29) is 11.5 Å². The van der Waals surface area contributed by atoms with Gasteiger partial charge in [0.2, 0.25) is 11.8 Å². The molecule has 1 aromatic heterocycles. The molecule has 1 aromatic carbocycles. The van der Waals surface area contributed by atoms with E-state index in [2.05, 4.69) is 23.1 Å². The highest BCUT2D eigenvalue weighted by Gasteiger charge is 2.41. The fourth-order valence-electron chi connectivity index (χ4n) is 4.58. The summed E-state index contributed by atoms with van der Waals surface area (Å²) in [6.07, 6.45) is 5.20. The van der Waals surface area contributed by atoms with E-state index in [4.69, 9.17) is 9.26 Å². The van der Waals surface area contributed by atoms with E-state index in [1.54, 1.807) is 0 Å². The zero-order valence-corrected chi connectivity index (χ0v) is 16.8. The molecule has 0 saturated carbocycles. The van der Waals surface area contributed by atoms with E-state index < -0.39 is 0 Å². The standard InChI is InChI=1S/C22H29N3O3/c1-16-5-3-4-6-19(16)14-21(26)25-10-8-22(9-11-25)15-18(7-12-27-22)13-20-23-17(2)28-24-20/h3-6,18H,7-15H2,1-2H3. The predicted octanol–water partition coefficient (Wildman–Crippen LogP) is 3.26. The highest BCUT2D eigenvalue weighted by atomic mass is 16.5. The molecule has 0 radical (unpaired) electrons. The van der Waals surface area contributed by atoms with Gasteiger partial charge in [-0.2, -0.15) is 4.98 Å². The summed E-state index contributed by atoms with van der Waals surface area (Å²) in [6, 6.07) is 8.13. The van der Waals surface area contributed by atoms with Crippen molar-refractivity contribution in [2.75, 3.05) is 19.7 Å². The van der Waals surface area contributed by atoms with Gasteiger partial charge in [-0.05, 0) is 49.7 Å². The second-order valence-electron chi connectivity index (χ2n) is 8.31. The Kier molecular flexibility index (Phi) is 5.49. The molecule has 150 valence electrons. The van der Waals surface area contributed by atoms with Gasteiger partial charge in [0.25, 0.3) is 0 Å². The predicted molar refractivity (Wildman–Crippen MR) is 105 cm³/mol. The summed E-state index contributed by atoms with van der Waals surface area (Å²) in [5.74, 6) is 2.15. The van der Waals surface area contributed by atoms with Gasteiger partial charge in [0, 0.05) is 33.0 Å². The van der Waals surface area contributed by atoms with Gasteiger partial charge < -0.3 is 14.2 Å². The zero-order valence-electron chi connectivity index (χ0n) is 16.8. The Balaban J connectivity index is 1.32. The first-order valence-electron chi connectivity index (χ1n) is 10.3. The number of amides is 1. The maximum absolute atomic E-state index is 12.8. The van der Waals surface area contributed by atoms with Crippen LogP contribution in [0.3, 0.4) is 0 Å². The average molecular weight is 383 g/mol. The van der Waals surface area contributed by atoms with Crippen LogP contribution in [0.5, 0.6) is 0 Å². The lowest BCUT2D eigenvalue weighted by molar-refractivity contribution is -0.146. The highest BCUT2D eigenvalue weighted by molar-refractivity contribution is 5.79. The maximum Gasteiger partial charge on any atom is 0.227 e. The Morgan fingerprint density at radius 2 is 2.04 bits per heavy atom. The highest BCUT2D eigenvalue weighted by Crippen LogP contribution is 2.38. The van der Waals surface area contributed by atoms with Gasteiger partial charge in [-0.3, -0.25) is 4.79 Å². The molecule has 6 heteroatoms. The van der Waals surface area contributed by atoms with Gasteiger partial charge in [0.15, 0.2) is 5.82 Å². The third-order valence-corrected chi connectivity index (χ3v) is 6.27. The summed E-state index contributed by atoms with van der Waals surface area (Å²) >= 11 is 0.